The minimum Gasteiger partial charge on any atom is -0.484 e. The van der Waals surface area contributed by atoms with Crippen molar-refractivity contribution in [2.75, 3.05) is 13.2 Å². The topological polar surface area (TPSA) is 112 Å². The van der Waals surface area contributed by atoms with Gasteiger partial charge in [-0.3, -0.25) is 9.59 Å². The lowest BCUT2D eigenvalue weighted by Crippen LogP contribution is -2.34. The molecule has 0 saturated carbocycles. The molecule has 1 saturated heterocycles. The second kappa shape index (κ2) is 7.33. The number of likely N-dealkylation sites (tertiary alicyclic amines) is 1. The average Bonchev–Trinajstić information content (AvgIpc) is 3.28. The molecule has 132 valence electrons. The van der Waals surface area contributed by atoms with Crippen LogP contribution in [0.25, 0.3) is 0 Å². The SMILES string of the molecule is CCc1nc([C@@H]2CCCN2C(=O)COc2cccc(C(N)=O)c2)no1. The third kappa shape index (κ3) is 3.78. The quantitative estimate of drug-likeness (QED) is 0.849. The number of ether oxygens (including phenoxy) is 1. The minimum atomic E-state index is -0.541. The summed E-state index contributed by atoms with van der Waals surface area (Å²) in [7, 11) is 0. The van der Waals surface area contributed by atoms with Gasteiger partial charge >= 0.3 is 0 Å². The Kier molecular flexibility index (Phi) is 4.97. The Morgan fingerprint density at radius 1 is 1.44 bits per heavy atom. The van der Waals surface area contributed by atoms with E-state index >= 15 is 0 Å². The standard InChI is InChI=1S/C17H20N4O4/c1-2-14-19-17(20-25-14)13-7-4-8-21(13)15(22)10-24-12-6-3-5-11(9-12)16(18)23/h3,5-6,9,13H,2,4,7-8,10H2,1H3,(H2,18,23)/t13-/m0/s1. The summed E-state index contributed by atoms with van der Waals surface area (Å²) in [6, 6.07) is 6.26. The lowest BCUT2D eigenvalue weighted by molar-refractivity contribution is -0.134. The number of hydrogen-bond acceptors (Lipinski definition) is 6. The van der Waals surface area contributed by atoms with Gasteiger partial charge in [-0.15, -0.1) is 0 Å². The molecular formula is C17H20N4O4. The molecule has 1 aliphatic heterocycles. The van der Waals surface area contributed by atoms with Gasteiger partial charge in [0.15, 0.2) is 12.4 Å². The van der Waals surface area contributed by atoms with Gasteiger partial charge in [0, 0.05) is 18.5 Å². The molecule has 1 atom stereocenters. The molecule has 1 aromatic carbocycles. The lowest BCUT2D eigenvalue weighted by atomic mass is 10.2. The first-order valence-electron chi connectivity index (χ1n) is 8.23. The second-order valence-electron chi connectivity index (χ2n) is 5.83. The molecule has 1 aliphatic rings. The van der Waals surface area contributed by atoms with Crippen molar-refractivity contribution in [1.82, 2.24) is 15.0 Å². The molecule has 8 heteroatoms. The Labute approximate surface area is 144 Å². The van der Waals surface area contributed by atoms with Crippen molar-refractivity contribution >= 4 is 11.8 Å². The van der Waals surface area contributed by atoms with Crippen LogP contribution in [0, 0.1) is 0 Å². The molecule has 8 nitrogen and oxygen atoms in total. The number of carbonyl (C=O) groups excluding carboxylic acids is 2. The van der Waals surface area contributed by atoms with Crippen molar-refractivity contribution in [3.63, 3.8) is 0 Å². The minimum absolute atomic E-state index is 0.128. The van der Waals surface area contributed by atoms with Crippen LogP contribution in [-0.2, 0) is 11.2 Å². The Morgan fingerprint density at radius 2 is 2.28 bits per heavy atom. The Morgan fingerprint density at radius 3 is 3.00 bits per heavy atom. The molecular weight excluding hydrogens is 324 g/mol. The van der Waals surface area contributed by atoms with Crippen LogP contribution in [0.3, 0.4) is 0 Å². The zero-order chi connectivity index (χ0) is 17.8. The highest BCUT2D eigenvalue weighted by atomic mass is 16.5. The van der Waals surface area contributed by atoms with Crippen molar-refractivity contribution in [3.8, 4) is 5.75 Å². The molecule has 2 aromatic rings. The van der Waals surface area contributed by atoms with E-state index in [0.717, 1.165) is 12.8 Å². The number of nitrogens with zero attached hydrogens (tertiary/aromatic N) is 3. The van der Waals surface area contributed by atoms with Gasteiger partial charge in [0.05, 0.1) is 6.04 Å². The van der Waals surface area contributed by atoms with Crippen LogP contribution in [0.5, 0.6) is 5.75 Å². The van der Waals surface area contributed by atoms with Crippen LogP contribution in [0.4, 0.5) is 0 Å². The molecule has 0 spiro atoms. The fourth-order valence-corrected chi connectivity index (χ4v) is 2.85. The Balaban J connectivity index is 1.64. The van der Waals surface area contributed by atoms with Crippen LogP contribution < -0.4 is 10.5 Å². The van der Waals surface area contributed by atoms with E-state index in [9.17, 15) is 9.59 Å². The molecule has 0 unspecified atom stereocenters. The zero-order valence-electron chi connectivity index (χ0n) is 14.0. The second-order valence-corrected chi connectivity index (χ2v) is 5.83. The molecule has 1 aromatic heterocycles. The largest absolute Gasteiger partial charge is 0.484 e. The van der Waals surface area contributed by atoms with E-state index in [-0.39, 0.29) is 18.6 Å². The highest BCUT2D eigenvalue weighted by molar-refractivity contribution is 5.93. The third-order valence-corrected chi connectivity index (χ3v) is 4.14. The third-order valence-electron chi connectivity index (χ3n) is 4.14. The maximum absolute atomic E-state index is 12.5. The number of nitrogens with two attached hydrogens (primary N) is 1. The van der Waals surface area contributed by atoms with Crippen molar-refractivity contribution in [3.05, 3.63) is 41.5 Å². The summed E-state index contributed by atoms with van der Waals surface area (Å²) in [6.07, 6.45) is 2.34. The van der Waals surface area contributed by atoms with Gasteiger partial charge in [0.2, 0.25) is 11.8 Å². The van der Waals surface area contributed by atoms with Crippen LogP contribution in [0.15, 0.2) is 28.8 Å². The summed E-state index contributed by atoms with van der Waals surface area (Å²) in [5.41, 5.74) is 5.58. The number of amides is 2. The molecule has 2 N–H and O–H groups in total. The van der Waals surface area contributed by atoms with Crippen LogP contribution >= 0.6 is 0 Å². The van der Waals surface area contributed by atoms with Gasteiger partial charge in [-0.2, -0.15) is 4.98 Å². The predicted octanol–water partition coefficient (Wildman–Crippen LogP) is 1.47. The maximum atomic E-state index is 12.5. The van der Waals surface area contributed by atoms with Crippen LogP contribution in [-0.4, -0.2) is 40.0 Å². The van der Waals surface area contributed by atoms with Crippen molar-refractivity contribution in [2.45, 2.75) is 32.2 Å². The van der Waals surface area contributed by atoms with E-state index in [1.165, 1.54) is 6.07 Å². The highest BCUT2D eigenvalue weighted by Gasteiger charge is 2.33. The first-order chi connectivity index (χ1) is 12.1. The molecule has 25 heavy (non-hydrogen) atoms. The monoisotopic (exact) mass is 344 g/mol. The van der Waals surface area contributed by atoms with E-state index in [2.05, 4.69) is 10.1 Å². The summed E-state index contributed by atoms with van der Waals surface area (Å²) in [6.45, 7) is 2.43. The van der Waals surface area contributed by atoms with Crippen molar-refractivity contribution in [2.24, 2.45) is 5.73 Å². The molecule has 0 bridgehead atoms. The molecule has 0 aliphatic carbocycles. The van der Waals surface area contributed by atoms with Crippen LogP contribution in [0.2, 0.25) is 0 Å². The maximum Gasteiger partial charge on any atom is 0.261 e. The fourth-order valence-electron chi connectivity index (χ4n) is 2.85. The number of aromatic nitrogens is 2. The highest BCUT2D eigenvalue weighted by Crippen LogP contribution is 2.30. The summed E-state index contributed by atoms with van der Waals surface area (Å²) in [4.78, 5) is 29.8. The van der Waals surface area contributed by atoms with Gasteiger partial charge in [-0.1, -0.05) is 18.1 Å². The number of rotatable bonds is 6. The first kappa shape index (κ1) is 16.9. The first-order valence-corrected chi connectivity index (χ1v) is 8.23. The van der Waals surface area contributed by atoms with E-state index in [1.54, 1.807) is 23.1 Å². The number of aryl methyl sites for hydroxylation is 1. The van der Waals surface area contributed by atoms with Gasteiger partial charge in [0.1, 0.15) is 5.75 Å². The Hall–Kier alpha value is -2.90. The summed E-state index contributed by atoms with van der Waals surface area (Å²) >= 11 is 0. The Bertz CT molecular complexity index is 774. The molecule has 2 heterocycles. The fraction of sp³-hybridized carbons (Fsp3) is 0.412. The normalized spacial score (nSPS) is 16.8. The van der Waals surface area contributed by atoms with Gasteiger partial charge in [-0.25, -0.2) is 0 Å². The molecule has 0 radical (unpaired) electrons. The number of hydrogen-bond donors (Lipinski definition) is 1. The van der Waals surface area contributed by atoms with Gasteiger partial charge < -0.3 is 19.9 Å². The van der Waals surface area contributed by atoms with Crippen molar-refractivity contribution in [1.29, 1.82) is 0 Å². The molecule has 1 fully saturated rings. The van der Waals surface area contributed by atoms with Gasteiger partial charge in [0.25, 0.3) is 5.91 Å². The van der Waals surface area contributed by atoms with E-state index in [4.69, 9.17) is 15.0 Å². The molecule has 2 amide bonds. The van der Waals surface area contributed by atoms with Gasteiger partial charge in [-0.05, 0) is 31.0 Å². The number of benzene rings is 1. The summed E-state index contributed by atoms with van der Waals surface area (Å²) in [5.74, 6) is 0.829. The predicted molar refractivity (Wildman–Crippen MR) is 87.8 cm³/mol. The van der Waals surface area contributed by atoms with E-state index < -0.39 is 5.91 Å². The van der Waals surface area contributed by atoms with E-state index in [1.807, 2.05) is 6.92 Å². The lowest BCUT2D eigenvalue weighted by Gasteiger charge is -2.22. The average molecular weight is 344 g/mol. The van der Waals surface area contributed by atoms with E-state index in [0.29, 0.717) is 36.0 Å². The number of carbonyl (C=O) groups is 2. The zero-order valence-corrected chi connectivity index (χ0v) is 14.0. The van der Waals surface area contributed by atoms with Crippen molar-refractivity contribution < 1.29 is 18.8 Å². The smallest absolute Gasteiger partial charge is 0.261 e. The number of primary amides is 1. The molecule has 3 rings (SSSR count). The van der Waals surface area contributed by atoms with Crippen LogP contribution in [0.1, 0.15) is 47.9 Å². The summed E-state index contributed by atoms with van der Waals surface area (Å²) < 4.78 is 10.7. The summed E-state index contributed by atoms with van der Waals surface area (Å²) in [5, 5.41) is 3.98.